The Balaban J connectivity index is 3.09. The molecular formula is C15H17NO5. The second-order valence-corrected chi connectivity index (χ2v) is 3.86. The van der Waals surface area contributed by atoms with Gasteiger partial charge in [-0.05, 0) is 18.2 Å². The van der Waals surface area contributed by atoms with E-state index in [0.29, 0.717) is 11.4 Å². The van der Waals surface area contributed by atoms with E-state index < -0.39 is 11.9 Å². The lowest BCUT2D eigenvalue weighted by Crippen LogP contribution is -2.15. The zero-order valence-corrected chi connectivity index (χ0v) is 12.1. The highest BCUT2D eigenvalue weighted by molar-refractivity contribution is 5.98. The molecule has 0 saturated carbocycles. The maximum Gasteiger partial charge on any atom is 0.354 e. The van der Waals surface area contributed by atoms with Crippen molar-refractivity contribution in [2.75, 3.05) is 26.6 Å². The molecule has 0 fully saturated rings. The van der Waals surface area contributed by atoms with Crippen LogP contribution in [0, 0.1) is 0 Å². The fourth-order valence-corrected chi connectivity index (χ4v) is 1.56. The van der Waals surface area contributed by atoms with Crippen LogP contribution < -0.4 is 10.1 Å². The summed E-state index contributed by atoms with van der Waals surface area (Å²) in [4.78, 5) is 22.9. The first-order chi connectivity index (χ1) is 10.0. The van der Waals surface area contributed by atoms with E-state index in [0.717, 1.165) is 11.6 Å². The van der Waals surface area contributed by atoms with E-state index in [4.69, 9.17) is 4.74 Å². The molecule has 1 N–H and O–H groups in total. The summed E-state index contributed by atoms with van der Waals surface area (Å²) in [6.45, 7) is 3.68. The van der Waals surface area contributed by atoms with Gasteiger partial charge in [-0.3, -0.25) is 0 Å². The number of esters is 2. The molecule has 0 aromatic heterocycles. The van der Waals surface area contributed by atoms with Gasteiger partial charge in [0.1, 0.15) is 11.4 Å². The highest BCUT2D eigenvalue weighted by Gasteiger charge is 2.13. The van der Waals surface area contributed by atoms with Gasteiger partial charge in [0.2, 0.25) is 0 Å². The molecular weight excluding hydrogens is 274 g/mol. The number of ether oxygens (including phenoxy) is 3. The summed E-state index contributed by atoms with van der Waals surface area (Å²) in [5.41, 5.74) is 1.28. The fraction of sp³-hybridized carbons (Fsp3) is 0.200. The molecule has 0 radical (unpaired) electrons. The molecule has 0 bridgehead atoms. The minimum Gasteiger partial charge on any atom is -0.496 e. The lowest BCUT2D eigenvalue weighted by atomic mass is 10.1. The molecule has 6 nitrogen and oxygen atoms in total. The third kappa shape index (κ3) is 4.38. The highest BCUT2D eigenvalue weighted by atomic mass is 16.5. The number of carbonyl (C=O) groups excluding carboxylic acids is 2. The molecule has 0 atom stereocenters. The van der Waals surface area contributed by atoms with Gasteiger partial charge in [-0.2, -0.15) is 0 Å². The van der Waals surface area contributed by atoms with Gasteiger partial charge in [-0.1, -0.05) is 12.7 Å². The Morgan fingerprint density at radius 3 is 2.43 bits per heavy atom. The largest absolute Gasteiger partial charge is 0.496 e. The lowest BCUT2D eigenvalue weighted by Gasteiger charge is -2.11. The van der Waals surface area contributed by atoms with E-state index in [1.54, 1.807) is 31.4 Å². The van der Waals surface area contributed by atoms with Crippen molar-refractivity contribution >= 4 is 23.7 Å². The van der Waals surface area contributed by atoms with Crippen molar-refractivity contribution in [3.63, 3.8) is 0 Å². The van der Waals surface area contributed by atoms with Crippen LogP contribution in [0.15, 0.2) is 36.6 Å². The summed E-state index contributed by atoms with van der Waals surface area (Å²) in [6, 6.07) is 5.13. The van der Waals surface area contributed by atoms with E-state index >= 15 is 0 Å². The second-order valence-electron chi connectivity index (χ2n) is 3.86. The third-order valence-corrected chi connectivity index (χ3v) is 2.60. The summed E-state index contributed by atoms with van der Waals surface area (Å²) in [5, 5.41) is 2.80. The van der Waals surface area contributed by atoms with Crippen molar-refractivity contribution in [2.24, 2.45) is 0 Å². The zero-order valence-electron chi connectivity index (χ0n) is 12.1. The predicted octanol–water partition coefficient (Wildman–Crippen LogP) is 1.98. The van der Waals surface area contributed by atoms with E-state index in [-0.39, 0.29) is 5.70 Å². The molecule has 0 amide bonds. The average Bonchev–Trinajstić information content (AvgIpc) is 2.52. The van der Waals surface area contributed by atoms with E-state index in [9.17, 15) is 9.59 Å². The van der Waals surface area contributed by atoms with Gasteiger partial charge in [0.05, 0.1) is 27.4 Å². The van der Waals surface area contributed by atoms with Crippen LogP contribution in [0.5, 0.6) is 5.75 Å². The van der Waals surface area contributed by atoms with E-state index in [1.165, 1.54) is 14.2 Å². The fourth-order valence-electron chi connectivity index (χ4n) is 1.56. The first-order valence-corrected chi connectivity index (χ1v) is 6.01. The Bertz CT molecular complexity index is 577. The summed E-state index contributed by atoms with van der Waals surface area (Å²) < 4.78 is 14.3. The number of nitrogens with one attached hydrogen (secondary N) is 1. The number of anilines is 1. The van der Waals surface area contributed by atoms with Crippen molar-refractivity contribution in [3.05, 3.63) is 42.1 Å². The van der Waals surface area contributed by atoms with Crippen LogP contribution in [-0.2, 0) is 19.1 Å². The van der Waals surface area contributed by atoms with E-state index in [2.05, 4.69) is 21.4 Å². The number of methoxy groups -OCH3 is 3. The summed E-state index contributed by atoms with van der Waals surface area (Å²) in [6.07, 6.45) is 2.63. The molecule has 0 unspecified atom stereocenters. The van der Waals surface area contributed by atoms with Crippen molar-refractivity contribution in [1.29, 1.82) is 0 Å². The molecule has 0 aliphatic heterocycles. The number of carbonyl (C=O) groups is 2. The van der Waals surface area contributed by atoms with E-state index in [1.807, 2.05) is 0 Å². The molecule has 0 spiro atoms. The molecule has 6 heteroatoms. The molecule has 0 saturated heterocycles. The average molecular weight is 291 g/mol. The van der Waals surface area contributed by atoms with Gasteiger partial charge in [-0.25, -0.2) is 9.59 Å². The quantitative estimate of drug-likeness (QED) is 0.638. The van der Waals surface area contributed by atoms with Crippen LogP contribution in [0.1, 0.15) is 5.56 Å². The number of benzene rings is 1. The topological polar surface area (TPSA) is 73.9 Å². The second kappa shape index (κ2) is 7.74. The summed E-state index contributed by atoms with van der Waals surface area (Å²) in [5.74, 6) is -0.705. The van der Waals surface area contributed by atoms with Crippen molar-refractivity contribution in [2.45, 2.75) is 0 Å². The lowest BCUT2D eigenvalue weighted by molar-refractivity contribution is -0.138. The molecule has 0 aliphatic carbocycles. The predicted molar refractivity (Wildman–Crippen MR) is 78.8 cm³/mol. The van der Waals surface area contributed by atoms with Crippen LogP contribution in [0.25, 0.3) is 6.08 Å². The molecule has 21 heavy (non-hydrogen) atoms. The number of hydrogen-bond acceptors (Lipinski definition) is 6. The Hall–Kier alpha value is -2.76. The van der Waals surface area contributed by atoms with Gasteiger partial charge < -0.3 is 19.5 Å². The Labute approximate surface area is 123 Å². The van der Waals surface area contributed by atoms with Crippen LogP contribution in [0.3, 0.4) is 0 Å². The smallest absolute Gasteiger partial charge is 0.354 e. The van der Waals surface area contributed by atoms with Crippen LogP contribution in [0.4, 0.5) is 5.69 Å². The molecule has 0 aliphatic rings. The Morgan fingerprint density at radius 2 is 1.90 bits per heavy atom. The SMILES string of the molecule is C=Cc1cc(N/C(=C/C(=O)OC)C(=O)OC)ccc1OC. The van der Waals surface area contributed by atoms with Crippen molar-refractivity contribution < 1.29 is 23.8 Å². The molecule has 0 heterocycles. The standard InChI is InChI=1S/C15H17NO5/c1-5-10-8-11(6-7-13(10)19-2)16-12(15(18)21-4)9-14(17)20-3/h5-9,16H,1H2,2-4H3/b12-9+. The van der Waals surface area contributed by atoms with Crippen LogP contribution in [-0.4, -0.2) is 33.3 Å². The van der Waals surface area contributed by atoms with Gasteiger partial charge in [0.15, 0.2) is 0 Å². The first-order valence-electron chi connectivity index (χ1n) is 6.01. The molecule has 1 rings (SSSR count). The number of rotatable bonds is 6. The van der Waals surface area contributed by atoms with Crippen molar-refractivity contribution in [3.8, 4) is 5.75 Å². The highest BCUT2D eigenvalue weighted by Crippen LogP contribution is 2.24. The van der Waals surface area contributed by atoms with Crippen LogP contribution in [0.2, 0.25) is 0 Å². The normalized spacial score (nSPS) is 10.5. The zero-order chi connectivity index (χ0) is 15.8. The van der Waals surface area contributed by atoms with Crippen LogP contribution >= 0.6 is 0 Å². The van der Waals surface area contributed by atoms with Gasteiger partial charge >= 0.3 is 11.9 Å². The summed E-state index contributed by atoms with van der Waals surface area (Å²) in [7, 11) is 3.99. The van der Waals surface area contributed by atoms with Gasteiger partial charge in [0.25, 0.3) is 0 Å². The minimum absolute atomic E-state index is 0.0375. The van der Waals surface area contributed by atoms with Gasteiger partial charge in [-0.15, -0.1) is 0 Å². The van der Waals surface area contributed by atoms with Crippen molar-refractivity contribution in [1.82, 2.24) is 0 Å². The minimum atomic E-state index is -0.684. The Kier molecular flexibility index (Phi) is 6.00. The third-order valence-electron chi connectivity index (χ3n) is 2.60. The maximum absolute atomic E-state index is 11.6. The number of hydrogen-bond donors (Lipinski definition) is 1. The maximum atomic E-state index is 11.6. The molecule has 112 valence electrons. The van der Waals surface area contributed by atoms with Gasteiger partial charge in [0, 0.05) is 11.3 Å². The molecule has 1 aromatic rings. The monoisotopic (exact) mass is 291 g/mol. The first kappa shape index (κ1) is 16.3. The summed E-state index contributed by atoms with van der Waals surface area (Å²) >= 11 is 0. The Morgan fingerprint density at radius 1 is 1.19 bits per heavy atom. The molecule has 1 aromatic carbocycles.